The SMILES string of the molecule is c1ccc(CNCCC23CC4CC(C2)CC(c2ccccc2)(C4)C3)cc1. The highest BCUT2D eigenvalue weighted by atomic mass is 14.9. The van der Waals surface area contributed by atoms with Gasteiger partial charge in [0.25, 0.3) is 0 Å². The molecule has 0 aliphatic heterocycles. The summed E-state index contributed by atoms with van der Waals surface area (Å²) in [5, 5.41) is 3.73. The maximum Gasteiger partial charge on any atom is 0.0205 e. The first-order chi connectivity index (χ1) is 12.8. The lowest BCUT2D eigenvalue weighted by Gasteiger charge is -2.63. The van der Waals surface area contributed by atoms with Crippen LogP contribution in [-0.4, -0.2) is 6.54 Å². The Morgan fingerprint density at radius 1 is 0.808 bits per heavy atom. The van der Waals surface area contributed by atoms with Crippen LogP contribution in [0.2, 0.25) is 0 Å². The lowest BCUT2D eigenvalue weighted by Crippen LogP contribution is -2.54. The summed E-state index contributed by atoms with van der Waals surface area (Å²) in [7, 11) is 0. The van der Waals surface area contributed by atoms with Gasteiger partial charge in [0, 0.05) is 6.54 Å². The third kappa shape index (κ3) is 3.01. The average molecular weight is 346 g/mol. The summed E-state index contributed by atoms with van der Waals surface area (Å²) in [4.78, 5) is 0. The second-order valence-corrected chi connectivity index (χ2v) is 9.52. The van der Waals surface area contributed by atoms with Gasteiger partial charge in [0.1, 0.15) is 0 Å². The van der Waals surface area contributed by atoms with Crippen LogP contribution in [0.15, 0.2) is 60.7 Å². The van der Waals surface area contributed by atoms with Gasteiger partial charge in [0.2, 0.25) is 0 Å². The maximum absolute atomic E-state index is 3.73. The molecule has 2 unspecified atom stereocenters. The van der Waals surface area contributed by atoms with Crippen molar-refractivity contribution in [3.05, 3.63) is 71.8 Å². The van der Waals surface area contributed by atoms with Crippen LogP contribution in [0.5, 0.6) is 0 Å². The first-order valence-corrected chi connectivity index (χ1v) is 10.6. The molecule has 4 fully saturated rings. The van der Waals surface area contributed by atoms with E-state index >= 15 is 0 Å². The highest BCUT2D eigenvalue weighted by Crippen LogP contribution is 2.66. The van der Waals surface area contributed by atoms with Gasteiger partial charge in [-0.15, -0.1) is 0 Å². The summed E-state index contributed by atoms with van der Waals surface area (Å²) in [6.07, 6.45) is 10.2. The van der Waals surface area contributed by atoms with Crippen molar-refractivity contribution in [1.29, 1.82) is 0 Å². The van der Waals surface area contributed by atoms with Gasteiger partial charge < -0.3 is 5.32 Å². The lowest BCUT2D eigenvalue weighted by molar-refractivity contribution is -0.0757. The van der Waals surface area contributed by atoms with Crippen LogP contribution >= 0.6 is 0 Å². The predicted molar refractivity (Wildman–Crippen MR) is 108 cm³/mol. The molecule has 0 aromatic heterocycles. The molecule has 4 aliphatic rings. The van der Waals surface area contributed by atoms with Crippen molar-refractivity contribution in [3.8, 4) is 0 Å². The molecule has 0 spiro atoms. The minimum absolute atomic E-state index is 0.491. The van der Waals surface area contributed by atoms with Gasteiger partial charge in [-0.05, 0) is 85.3 Å². The van der Waals surface area contributed by atoms with Gasteiger partial charge in [-0.2, -0.15) is 0 Å². The van der Waals surface area contributed by atoms with Crippen molar-refractivity contribution in [2.75, 3.05) is 6.54 Å². The Morgan fingerprint density at radius 2 is 1.46 bits per heavy atom. The van der Waals surface area contributed by atoms with E-state index in [0.29, 0.717) is 10.8 Å². The zero-order valence-corrected chi connectivity index (χ0v) is 15.8. The number of hydrogen-bond donors (Lipinski definition) is 1. The first kappa shape index (κ1) is 16.6. The van der Waals surface area contributed by atoms with Gasteiger partial charge in [-0.1, -0.05) is 60.7 Å². The molecule has 26 heavy (non-hydrogen) atoms. The van der Waals surface area contributed by atoms with Crippen molar-refractivity contribution in [1.82, 2.24) is 5.32 Å². The summed E-state index contributed by atoms with van der Waals surface area (Å²) in [6, 6.07) is 22.3. The summed E-state index contributed by atoms with van der Waals surface area (Å²) in [5.41, 5.74) is 4.13. The second-order valence-electron chi connectivity index (χ2n) is 9.52. The van der Waals surface area contributed by atoms with E-state index in [0.717, 1.165) is 18.4 Å². The van der Waals surface area contributed by atoms with Gasteiger partial charge in [-0.25, -0.2) is 0 Å². The Labute approximate surface area is 158 Å². The number of hydrogen-bond acceptors (Lipinski definition) is 1. The molecule has 1 heteroatoms. The standard InChI is InChI=1S/C25H31N/c1-3-7-20(8-4-1)18-26-12-11-24-14-21-13-22(15-24)17-25(16-21,19-24)23-9-5-2-6-10-23/h1-10,21-22,26H,11-19H2. The largest absolute Gasteiger partial charge is 0.313 e. The molecule has 0 amide bonds. The zero-order valence-electron chi connectivity index (χ0n) is 15.8. The van der Waals surface area contributed by atoms with E-state index in [2.05, 4.69) is 66.0 Å². The Hall–Kier alpha value is -1.60. The summed E-state index contributed by atoms with van der Waals surface area (Å²) in [6.45, 7) is 2.17. The van der Waals surface area contributed by atoms with E-state index in [1.807, 2.05) is 0 Å². The smallest absolute Gasteiger partial charge is 0.0205 e. The minimum Gasteiger partial charge on any atom is -0.313 e. The van der Waals surface area contributed by atoms with E-state index < -0.39 is 0 Å². The lowest BCUT2D eigenvalue weighted by atomic mass is 9.42. The van der Waals surface area contributed by atoms with Gasteiger partial charge in [-0.3, -0.25) is 0 Å². The molecule has 2 aromatic rings. The van der Waals surface area contributed by atoms with Crippen LogP contribution in [0.25, 0.3) is 0 Å². The Kier molecular flexibility index (Phi) is 4.16. The van der Waals surface area contributed by atoms with E-state index in [4.69, 9.17) is 0 Å². The topological polar surface area (TPSA) is 12.0 Å². The van der Waals surface area contributed by atoms with E-state index in [9.17, 15) is 0 Å². The summed E-state index contributed by atoms with van der Waals surface area (Å²) < 4.78 is 0. The third-order valence-corrected chi connectivity index (χ3v) is 7.57. The normalized spacial score (nSPS) is 34.9. The average Bonchev–Trinajstić information content (AvgIpc) is 2.66. The van der Waals surface area contributed by atoms with E-state index in [-0.39, 0.29) is 0 Å². The zero-order chi connectivity index (χ0) is 17.5. The Balaban J connectivity index is 1.28. The molecule has 4 saturated carbocycles. The third-order valence-electron chi connectivity index (χ3n) is 7.57. The van der Waals surface area contributed by atoms with Gasteiger partial charge >= 0.3 is 0 Å². The molecule has 1 N–H and O–H groups in total. The molecule has 6 rings (SSSR count). The molecule has 0 saturated heterocycles. The van der Waals surface area contributed by atoms with Gasteiger partial charge in [0.15, 0.2) is 0 Å². The van der Waals surface area contributed by atoms with Crippen LogP contribution in [0, 0.1) is 17.3 Å². The number of nitrogens with one attached hydrogen (secondary N) is 1. The molecule has 2 atom stereocenters. The Bertz CT molecular complexity index is 721. The summed E-state index contributed by atoms with van der Waals surface area (Å²) >= 11 is 0. The molecule has 1 nitrogen and oxygen atoms in total. The van der Waals surface area contributed by atoms with Crippen LogP contribution < -0.4 is 5.32 Å². The molecule has 4 aliphatic carbocycles. The predicted octanol–water partition coefficient (Wildman–Crippen LogP) is 5.70. The van der Waals surface area contributed by atoms with Crippen molar-refractivity contribution in [2.24, 2.45) is 17.3 Å². The fourth-order valence-electron chi connectivity index (χ4n) is 7.06. The quantitative estimate of drug-likeness (QED) is 0.662. The molecule has 136 valence electrons. The minimum atomic E-state index is 0.491. The van der Waals surface area contributed by atoms with Crippen molar-refractivity contribution in [3.63, 3.8) is 0 Å². The molecular weight excluding hydrogens is 314 g/mol. The molecule has 0 heterocycles. The number of rotatable bonds is 6. The first-order valence-electron chi connectivity index (χ1n) is 10.6. The van der Waals surface area contributed by atoms with E-state index in [1.165, 1.54) is 57.1 Å². The van der Waals surface area contributed by atoms with E-state index in [1.54, 1.807) is 5.56 Å². The molecule has 4 bridgehead atoms. The second kappa shape index (κ2) is 6.53. The highest BCUT2D eigenvalue weighted by molar-refractivity contribution is 5.30. The monoisotopic (exact) mass is 345 g/mol. The van der Waals surface area contributed by atoms with Crippen LogP contribution in [0.4, 0.5) is 0 Å². The van der Waals surface area contributed by atoms with Gasteiger partial charge in [0.05, 0.1) is 0 Å². The fraction of sp³-hybridized carbons (Fsp3) is 0.520. The van der Waals surface area contributed by atoms with Crippen LogP contribution in [0.1, 0.15) is 56.1 Å². The Morgan fingerprint density at radius 3 is 2.15 bits per heavy atom. The molecule has 0 radical (unpaired) electrons. The summed E-state index contributed by atoms with van der Waals surface area (Å²) in [5.74, 6) is 1.95. The van der Waals surface area contributed by atoms with Crippen molar-refractivity contribution >= 4 is 0 Å². The highest BCUT2D eigenvalue weighted by Gasteiger charge is 2.57. The fourth-order valence-corrected chi connectivity index (χ4v) is 7.06. The van der Waals surface area contributed by atoms with Crippen molar-refractivity contribution < 1.29 is 0 Å². The molecular formula is C25H31N. The van der Waals surface area contributed by atoms with Crippen molar-refractivity contribution in [2.45, 2.75) is 56.9 Å². The number of benzene rings is 2. The maximum atomic E-state index is 3.73. The van der Waals surface area contributed by atoms with Crippen LogP contribution in [-0.2, 0) is 12.0 Å². The van der Waals surface area contributed by atoms with Crippen LogP contribution in [0.3, 0.4) is 0 Å². The molecule has 2 aromatic carbocycles.